The summed E-state index contributed by atoms with van der Waals surface area (Å²) in [6.07, 6.45) is -5.94. The molecule has 1 fully saturated rings. The van der Waals surface area contributed by atoms with Crippen LogP contribution in [0, 0.1) is 10.1 Å². The number of nitrogens with zero attached hydrogens (tertiary/aromatic N) is 1. The molecule has 1 aliphatic heterocycles. The van der Waals surface area contributed by atoms with Gasteiger partial charge in [0.1, 0.15) is 24.0 Å². The number of rotatable bonds is 3. The summed E-state index contributed by atoms with van der Waals surface area (Å²) in [6.45, 7) is 1.52. The fourth-order valence-corrected chi connectivity index (χ4v) is 2.27. The molecule has 0 amide bonds. The Morgan fingerprint density at radius 2 is 1.95 bits per heavy atom. The maximum Gasteiger partial charge on any atom is 0.293 e. The number of nitro benzene ring substituents is 1. The minimum absolute atomic E-state index is 0.0873. The Morgan fingerprint density at radius 3 is 2.57 bits per heavy atom. The Labute approximate surface area is 125 Å². The van der Waals surface area contributed by atoms with Crippen molar-refractivity contribution in [2.45, 2.75) is 37.6 Å². The Bertz CT molecular complexity index is 542. The van der Waals surface area contributed by atoms with Crippen molar-refractivity contribution in [1.29, 1.82) is 0 Å². The highest BCUT2D eigenvalue weighted by Crippen LogP contribution is 2.30. The lowest BCUT2D eigenvalue weighted by Crippen LogP contribution is -2.58. The van der Waals surface area contributed by atoms with E-state index in [1.54, 1.807) is 0 Å². The number of halogens is 1. The van der Waals surface area contributed by atoms with Crippen LogP contribution in [0.4, 0.5) is 11.4 Å². The van der Waals surface area contributed by atoms with E-state index in [9.17, 15) is 25.4 Å². The van der Waals surface area contributed by atoms with E-state index >= 15 is 0 Å². The predicted molar refractivity (Wildman–Crippen MR) is 74.1 cm³/mol. The number of ether oxygens (including phenoxy) is 1. The minimum atomic E-state index is -1.44. The third-order valence-electron chi connectivity index (χ3n) is 3.31. The molecule has 5 atom stereocenters. The smallest absolute Gasteiger partial charge is 0.293 e. The van der Waals surface area contributed by atoms with Crippen molar-refractivity contribution >= 4 is 23.0 Å². The molecule has 1 saturated heterocycles. The average molecular weight is 319 g/mol. The van der Waals surface area contributed by atoms with E-state index in [0.717, 1.165) is 6.07 Å². The third kappa shape index (κ3) is 3.25. The first-order chi connectivity index (χ1) is 9.81. The van der Waals surface area contributed by atoms with Crippen molar-refractivity contribution < 1.29 is 25.0 Å². The lowest BCUT2D eigenvalue weighted by Gasteiger charge is -2.39. The van der Waals surface area contributed by atoms with Crippen LogP contribution in [0.15, 0.2) is 18.2 Å². The van der Waals surface area contributed by atoms with Crippen LogP contribution in [0.3, 0.4) is 0 Å². The zero-order valence-corrected chi connectivity index (χ0v) is 11.8. The normalized spacial score (nSPS) is 32.7. The molecule has 1 aromatic carbocycles. The van der Waals surface area contributed by atoms with Crippen molar-refractivity contribution in [2.75, 3.05) is 5.32 Å². The molecule has 9 heteroatoms. The first-order valence-corrected chi connectivity index (χ1v) is 6.59. The highest BCUT2D eigenvalue weighted by Gasteiger charge is 2.42. The van der Waals surface area contributed by atoms with Gasteiger partial charge in [-0.05, 0) is 19.1 Å². The largest absolute Gasteiger partial charge is 0.388 e. The molecule has 8 nitrogen and oxygen atoms in total. The fraction of sp³-hybridized carbons (Fsp3) is 0.500. The van der Waals surface area contributed by atoms with Gasteiger partial charge in [-0.2, -0.15) is 0 Å². The van der Waals surface area contributed by atoms with Gasteiger partial charge in [-0.1, -0.05) is 11.6 Å². The molecule has 0 aliphatic carbocycles. The second-order valence-electron chi connectivity index (χ2n) is 4.80. The highest BCUT2D eigenvalue weighted by molar-refractivity contribution is 6.30. The van der Waals surface area contributed by atoms with Crippen molar-refractivity contribution in [3.8, 4) is 0 Å². The van der Waals surface area contributed by atoms with Crippen LogP contribution in [0.5, 0.6) is 0 Å². The number of nitro groups is 1. The molecular weight excluding hydrogens is 304 g/mol. The van der Waals surface area contributed by atoms with Gasteiger partial charge in [-0.25, -0.2) is 0 Å². The predicted octanol–water partition coefficient (Wildman–Crippen LogP) is 0.488. The zero-order valence-electron chi connectivity index (χ0n) is 11.0. The van der Waals surface area contributed by atoms with Gasteiger partial charge >= 0.3 is 0 Å². The standard InChI is InChI=1S/C12H15ClN2O6/c1-5-9(16)10(17)11(18)12(21-5)14-7-3-2-6(13)4-8(7)15(19)20/h2-5,9-12,14,16-18H,1H3/t5-,9-,10-,11-,12+/m0/s1. The molecule has 116 valence electrons. The van der Waals surface area contributed by atoms with E-state index in [1.165, 1.54) is 19.1 Å². The summed E-state index contributed by atoms with van der Waals surface area (Å²) >= 11 is 5.71. The number of nitrogens with one attached hydrogen (secondary N) is 1. The number of benzene rings is 1. The van der Waals surface area contributed by atoms with E-state index in [1.807, 2.05) is 0 Å². The Hall–Kier alpha value is -1.45. The van der Waals surface area contributed by atoms with Gasteiger partial charge in [-0.15, -0.1) is 0 Å². The second-order valence-corrected chi connectivity index (χ2v) is 5.23. The number of hydrogen-bond donors (Lipinski definition) is 4. The van der Waals surface area contributed by atoms with Crippen LogP contribution in [0.25, 0.3) is 0 Å². The molecule has 1 heterocycles. The van der Waals surface area contributed by atoms with Gasteiger partial charge < -0.3 is 25.4 Å². The zero-order chi connectivity index (χ0) is 15.7. The van der Waals surface area contributed by atoms with Crippen molar-refractivity contribution in [1.82, 2.24) is 0 Å². The summed E-state index contributed by atoms with van der Waals surface area (Å²) in [7, 11) is 0. The maximum absolute atomic E-state index is 11.0. The number of aliphatic hydroxyl groups is 3. The number of anilines is 1. The lowest BCUT2D eigenvalue weighted by atomic mass is 9.99. The molecule has 0 radical (unpaired) electrons. The summed E-state index contributed by atoms with van der Waals surface area (Å²) < 4.78 is 5.32. The Kier molecular flexibility index (Phi) is 4.64. The summed E-state index contributed by atoms with van der Waals surface area (Å²) in [6, 6.07) is 3.98. The molecule has 0 aromatic heterocycles. The fourth-order valence-electron chi connectivity index (χ4n) is 2.10. The van der Waals surface area contributed by atoms with Crippen LogP contribution in [0.2, 0.25) is 5.02 Å². The van der Waals surface area contributed by atoms with Gasteiger partial charge in [0.2, 0.25) is 0 Å². The second kappa shape index (κ2) is 6.12. The molecule has 1 aliphatic rings. The molecule has 2 rings (SSSR count). The summed E-state index contributed by atoms with van der Waals surface area (Å²) in [5.74, 6) is 0. The number of aliphatic hydroxyl groups excluding tert-OH is 3. The highest BCUT2D eigenvalue weighted by atomic mass is 35.5. The first-order valence-electron chi connectivity index (χ1n) is 6.21. The van der Waals surface area contributed by atoms with Gasteiger partial charge in [0.05, 0.1) is 11.0 Å². The molecule has 1 aromatic rings. The van der Waals surface area contributed by atoms with Gasteiger partial charge in [0.25, 0.3) is 5.69 Å². The van der Waals surface area contributed by atoms with Crippen LogP contribution in [-0.4, -0.2) is 50.9 Å². The van der Waals surface area contributed by atoms with Crippen LogP contribution in [-0.2, 0) is 4.74 Å². The molecule has 4 N–H and O–H groups in total. The third-order valence-corrected chi connectivity index (χ3v) is 3.54. The minimum Gasteiger partial charge on any atom is -0.388 e. The molecule has 0 spiro atoms. The van der Waals surface area contributed by atoms with E-state index < -0.39 is 35.6 Å². The van der Waals surface area contributed by atoms with Crippen LogP contribution in [0.1, 0.15) is 6.92 Å². The van der Waals surface area contributed by atoms with Crippen LogP contribution >= 0.6 is 11.6 Å². The quantitative estimate of drug-likeness (QED) is 0.472. The van der Waals surface area contributed by atoms with E-state index in [2.05, 4.69) is 5.32 Å². The van der Waals surface area contributed by atoms with Gasteiger partial charge in [0.15, 0.2) is 6.23 Å². The summed E-state index contributed by atoms with van der Waals surface area (Å²) in [5, 5.41) is 43.0. The Morgan fingerprint density at radius 1 is 1.29 bits per heavy atom. The molecule has 0 saturated carbocycles. The van der Waals surface area contributed by atoms with E-state index in [-0.39, 0.29) is 16.4 Å². The molecule has 21 heavy (non-hydrogen) atoms. The first kappa shape index (κ1) is 15.9. The molecule has 0 bridgehead atoms. The summed E-state index contributed by atoms with van der Waals surface area (Å²) in [4.78, 5) is 10.4. The van der Waals surface area contributed by atoms with Crippen molar-refractivity contribution in [3.63, 3.8) is 0 Å². The number of hydrogen-bond acceptors (Lipinski definition) is 7. The molecular formula is C12H15ClN2O6. The molecule has 0 unspecified atom stereocenters. The Balaban J connectivity index is 2.24. The van der Waals surface area contributed by atoms with Crippen molar-refractivity contribution in [2.24, 2.45) is 0 Å². The average Bonchev–Trinajstić information content (AvgIpc) is 2.44. The SMILES string of the molecule is C[C@@H]1O[C@@H](Nc2ccc(Cl)cc2[N+](=O)[O-])[C@@H](O)[C@@H](O)[C@H]1O. The summed E-state index contributed by atoms with van der Waals surface area (Å²) in [5.41, 5.74) is -0.198. The van der Waals surface area contributed by atoms with Crippen molar-refractivity contribution in [3.05, 3.63) is 33.3 Å². The van der Waals surface area contributed by atoms with E-state index in [0.29, 0.717) is 0 Å². The topological polar surface area (TPSA) is 125 Å². The van der Waals surface area contributed by atoms with E-state index in [4.69, 9.17) is 16.3 Å². The van der Waals surface area contributed by atoms with Gasteiger partial charge in [-0.3, -0.25) is 10.1 Å². The van der Waals surface area contributed by atoms with Gasteiger partial charge in [0, 0.05) is 11.1 Å². The lowest BCUT2D eigenvalue weighted by molar-refractivity contribution is -0.384. The maximum atomic E-state index is 11.0. The monoisotopic (exact) mass is 318 g/mol. The van der Waals surface area contributed by atoms with Crippen LogP contribution < -0.4 is 5.32 Å².